The van der Waals surface area contributed by atoms with Gasteiger partial charge in [0.25, 0.3) is 0 Å². The highest BCUT2D eigenvalue weighted by molar-refractivity contribution is 5.74. The minimum Gasteiger partial charge on any atom is -0.508 e. The van der Waals surface area contributed by atoms with E-state index in [2.05, 4.69) is 5.32 Å². The lowest BCUT2D eigenvalue weighted by Gasteiger charge is -2.28. The SMILES string of the molecule is CCC(N)(N)NC(Cc1ccc(O)cc1)C(=O)O. The number of rotatable bonds is 6. The first-order chi connectivity index (χ1) is 8.34. The number of benzene rings is 1. The third-order valence-corrected chi connectivity index (χ3v) is 2.70. The van der Waals surface area contributed by atoms with Gasteiger partial charge in [0.2, 0.25) is 0 Å². The molecule has 0 saturated carbocycles. The van der Waals surface area contributed by atoms with Crippen molar-refractivity contribution in [2.45, 2.75) is 31.6 Å². The highest BCUT2D eigenvalue weighted by Crippen LogP contribution is 2.12. The lowest BCUT2D eigenvalue weighted by Crippen LogP contribution is -2.65. The molecule has 0 spiro atoms. The van der Waals surface area contributed by atoms with Crippen molar-refractivity contribution in [1.29, 1.82) is 0 Å². The van der Waals surface area contributed by atoms with Crippen LogP contribution in [0.5, 0.6) is 5.75 Å². The Hall–Kier alpha value is -1.63. The molecule has 1 unspecified atom stereocenters. The Bertz CT molecular complexity index is 404. The third-order valence-electron chi connectivity index (χ3n) is 2.70. The number of aromatic hydroxyl groups is 1. The summed E-state index contributed by atoms with van der Waals surface area (Å²) in [6, 6.07) is 5.46. The number of hydrogen-bond donors (Lipinski definition) is 5. The molecule has 0 amide bonds. The van der Waals surface area contributed by atoms with Gasteiger partial charge in [0.15, 0.2) is 0 Å². The summed E-state index contributed by atoms with van der Waals surface area (Å²) in [6.45, 7) is 1.77. The lowest BCUT2D eigenvalue weighted by molar-refractivity contribution is -0.140. The van der Waals surface area contributed by atoms with Gasteiger partial charge in [-0.1, -0.05) is 19.1 Å². The molecule has 0 fully saturated rings. The maximum Gasteiger partial charge on any atom is 0.321 e. The first kappa shape index (κ1) is 14.4. The Labute approximate surface area is 106 Å². The zero-order chi connectivity index (χ0) is 13.8. The van der Waals surface area contributed by atoms with Crippen LogP contribution in [-0.2, 0) is 11.2 Å². The Morgan fingerprint density at radius 2 is 1.94 bits per heavy atom. The van der Waals surface area contributed by atoms with Crippen molar-refractivity contribution < 1.29 is 15.0 Å². The number of hydrogen-bond acceptors (Lipinski definition) is 5. The van der Waals surface area contributed by atoms with E-state index in [1.54, 1.807) is 19.1 Å². The predicted octanol–water partition coefficient (Wildman–Crippen LogP) is -0.0413. The summed E-state index contributed by atoms with van der Waals surface area (Å²) in [5.41, 5.74) is 12.2. The Morgan fingerprint density at radius 1 is 1.39 bits per heavy atom. The molecule has 6 heteroatoms. The second-order valence-corrected chi connectivity index (χ2v) is 4.30. The van der Waals surface area contributed by atoms with E-state index in [9.17, 15) is 4.79 Å². The average Bonchev–Trinajstić information content (AvgIpc) is 2.31. The van der Waals surface area contributed by atoms with E-state index in [1.807, 2.05) is 0 Å². The van der Waals surface area contributed by atoms with Crippen LogP contribution in [0.25, 0.3) is 0 Å². The van der Waals surface area contributed by atoms with E-state index in [0.717, 1.165) is 5.56 Å². The number of phenols is 1. The highest BCUT2D eigenvalue weighted by Gasteiger charge is 2.26. The fourth-order valence-corrected chi connectivity index (χ4v) is 1.49. The van der Waals surface area contributed by atoms with E-state index < -0.39 is 17.8 Å². The minimum atomic E-state index is -1.21. The topological polar surface area (TPSA) is 122 Å². The zero-order valence-corrected chi connectivity index (χ0v) is 10.3. The Balaban J connectivity index is 2.75. The number of nitrogens with two attached hydrogens (primary N) is 2. The van der Waals surface area contributed by atoms with Crippen LogP contribution in [0.1, 0.15) is 18.9 Å². The van der Waals surface area contributed by atoms with Gasteiger partial charge in [-0.3, -0.25) is 10.1 Å². The molecule has 0 aliphatic heterocycles. The molecule has 1 rings (SSSR count). The minimum absolute atomic E-state index is 0.138. The highest BCUT2D eigenvalue weighted by atomic mass is 16.4. The number of nitrogens with one attached hydrogen (secondary N) is 1. The number of carbonyl (C=O) groups is 1. The van der Waals surface area contributed by atoms with Crippen LogP contribution >= 0.6 is 0 Å². The van der Waals surface area contributed by atoms with Gasteiger partial charge >= 0.3 is 5.97 Å². The van der Waals surface area contributed by atoms with Crippen molar-refractivity contribution in [2.75, 3.05) is 0 Å². The van der Waals surface area contributed by atoms with Gasteiger partial charge in [0.1, 0.15) is 17.6 Å². The molecule has 0 saturated heterocycles. The molecule has 7 N–H and O–H groups in total. The van der Waals surface area contributed by atoms with Gasteiger partial charge in [0.05, 0.1) is 0 Å². The maximum absolute atomic E-state index is 11.1. The van der Waals surface area contributed by atoms with E-state index in [0.29, 0.717) is 6.42 Å². The van der Waals surface area contributed by atoms with Crippen molar-refractivity contribution >= 4 is 5.97 Å². The molecule has 0 heterocycles. The first-order valence-electron chi connectivity index (χ1n) is 5.70. The molecule has 1 aromatic carbocycles. The van der Waals surface area contributed by atoms with Crippen LogP contribution in [0.3, 0.4) is 0 Å². The fourth-order valence-electron chi connectivity index (χ4n) is 1.49. The summed E-state index contributed by atoms with van der Waals surface area (Å²) in [7, 11) is 0. The van der Waals surface area contributed by atoms with Crippen LogP contribution in [-0.4, -0.2) is 28.0 Å². The molecule has 100 valence electrons. The Morgan fingerprint density at radius 3 is 2.39 bits per heavy atom. The van der Waals surface area contributed by atoms with E-state index >= 15 is 0 Å². The van der Waals surface area contributed by atoms with Gasteiger partial charge in [-0.15, -0.1) is 0 Å². The lowest BCUT2D eigenvalue weighted by atomic mass is 10.0. The smallest absolute Gasteiger partial charge is 0.321 e. The summed E-state index contributed by atoms with van der Waals surface area (Å²) in [6.07, 6.45) is 0.651. The van der Waals surface area contributed by atoms with Gasteiger partial charge in [-0.2, -0.15) is 0 Å². The van der Waals surface area contributed by atoms with Gasteiger partial charge < -0.3 is 21.7 Å². The van der Waals surface area contributed by atoms with Crippen molar-refractivity contribution in [1.82, 2.24) is 5.32 Å². The molecule has 0 aliphatic carbocycles. The molecule has 0 aliphatic rings. The molecule has 0 radical (unpaired) electrons. The summed E-state index contributed by atoms with van der Waals surface area (Å²) in [5.74, 6) is -2.09. The molecule has 0 aromatic heterocycles. The third kappa shape index (κ3) is 4.33. The normalized spacial score (nSPS) is 13.3. The summed E-state index contributed by atoms with van der Waals surface area (Å²) < 4.78 is 0. The number of phenolic OH excluding ortho intramolecular Hbond substituents is 1. The second kappa shape index (κ2) is 5.81. The summed E-state index contributed by atoms with van der Waals surface area (Å²) >= 11 is 0. The van der Waals surface area contributed by atoms with Crippen LogP contribution in [0.15, 0.2) is 24.3 Å². The van der Waals surface area contributed by atoms with Crippen molar-refractivity contribution in [3.8, 4) is 5.75 Å². The van der Waals surface area contributed by atoms with E-state index in [-0.39, 0.29) is 12.2 Å². The van der Waals surface area contributed by atoms with Gasteiger partial charge in [-0.25, -0.2) is 0 Å². The number of carboxylic acids is 1. The first-order valence-corrected chi connectivity index (χ1v) is 5.70. The quantitative estimate of drug-likeness (QED) is 0.453. The average molecular weight is 253 g/mol. The maximum atomic E-state index is 11.1. The fraction of sp³-hybridized carbons (Fsp3) is 0.417. The van der Waals surface area contributed by atoms with Gasteiger partial charge in [0, 0.05) is 0 Å². The van der Waals surface area contributed by atoms with E-state index in [4.69, 9.17) is 21.7 Å². The second-order valence-electron chi connectivity index (χ2n) is 4.30. The predicted molar refractivity (Wildman–Crippen MR) is 67.8 cm³/mol. The van der Waals surface area contributed by atoms with Gasteiger partial charge in [-0.05, 0) is 30.5 Å². The molecule has 18 heavy (non-hydrogen) atoms. The molecular formula is C12H19N3O3. The van der Waals surface area contributed by atoms with Crippen molar-refractivity contribution in [3.05, 3.63) is 29.8 Å². The number of aliphatic carboxylic acids is 1. The zero-order valence-electron chi connectivity index (χ0n) is 10.3. The van der Waals surface area contributed by atoms with E-state index in [1.165, 1.54) is 12.1 Å². The largest absolute Gasteiger partial charge is 0.508 e. The Kier molecular flexibility index (Phi) is 4.66. The van der Waals surface area contributed by atoms with Crippen molar-refractivity contribution in [3.63, 3.8) is 0 Å². The molecule has 0 bridgehead atoms. The van der Waals surface area contributed by atoms with Crippen LogP contribution in [0.2, 0.25) is 0 Å². The number of carboxylic acid groups (broad SMARTS) is 1. The summed E-state index contributed by atoms with van der Waals surface area (Å²) in [4.78, 5) is 11.1. The standard InChI is InChI=1S/C12H19N3O3/c1-2-12(13,14)15-10(11(17)18)7-8-3-5-9(16)6-4-8/h3-6,10,15-16H,2,7,13-14H2,1H3,(H,17,18). The molecule has 1 atom stereocenters. The van der Waals surface area contributed by atoms with Crippen molar-refractivity contribution in [2.24, 2.45) is 11.5 Å². The molecular weight excluding hydrogens is 234 g/mol. The van der Waals surface area contributed by atoms with Crippen LogP contribution in [0, 0.1) is 0 Å². The molecule has 6 nitrogen and oxygen atoms in total. The van der Waals surface area contributed by atoms with Crippen LogP contribution in [0.4, 0.5) is 0 Å². The molecule has 1 aromatic rings. The monoisotopic (exact) mass is 253 g/mol. The van der Waals surface area contributed by atoms with Crippen LogP contribution < -0.4 is 16.8 Å². The summed E-state index contributed by atoms with van der Waals surface area (Å²) in [5, 5.41) is 21.0.